The first-order chi connectivity index (χ1) is 8.93. The summed E-state index contributed by atoms with van der Waals surface area (Å²) in [6.45, 7) is 0.929. The largest absolute Gasteiger partial charge is 0.417 e. The van der Waals surface area contributed by atoms with E-state index in [-0.39, 0.29) is 24.0 Å². The van der Waals surface area contributed by atoms with Gasteiger partial charge in [-0.05, 0) is 25.6 Å². The molecule has 1 aromatic carbocycles. The predicted octanol–water partition coefficient (Wildman–Crippen LogP) is 2.56. The van der Waals surface area contributed by atoms with Crippen LogP contribution in [0, 0.1) is 0 Å². The Morgan fingerprint density at radius 2 is 2.00 bits per heavy atom. The molecule has 1 amide bonds. The van der Waals surface area contributed by atoms with Gasteiger partial charge in [-0.3, -0.25) is 4.79 Å². The van der Waals surface area contributed by atoms with Crippen LogP contribution in [0.5, 0.6) is 0 Å². The molecule has 20 heavy (non-hydrogen) atoms. The molecule has 1 saturated heterocycles. The summed E-state index contributed by atoms with van der Waals surface area (Å²) >= 11 is 0. The second-order valence-corrected chi connectivity index (χ2v) is 4.57. The Bertz CT molecular complexity index is 479. The van der Waals surface area contributed by atoms with Crippen molar-refractivity contribution < 1.29 is 18.0 Å². The first kappa shape index (κ1) is 16.8. The van der Waals surface area contributed by atoms with E-state index in [4.69, 9.17) is 0 Å². The molecule has 7 heteroatoms. The van der Waals surface area contributed by atoms with Crippen LogP contribution in [0.3, 0.4) is 0 Å². The van der Waals surface area contributed by atoms with Crippen molar-refractivity contribution in [1.29, 1.82) is 0 Å². The lowest BCUT2D eigenvalue weighted by atomic mass is 10.1. The van der Waals surface area contributed by atoms with Crippen molar-refractivity contribution in [2.75, 3.05) is 20.1 Å². The first-order valence-corrected chi connectivity index (χ1v) is 6.06. The molecule has 0 spiro atoms. The zero-order valence-corrected chi connectivity index (χ0v) is 11.7. The quantitative estimate of drug-likeness (QED) is 0.911. The highest BCUT2D eigenvalue weighted by atomic mass is 35.5. The number of likely N-dealkylation sites (tertiary alicyclic amines) is 1. The lowest BCUT2D eigenvalue weighted by Gasteiger charge is -2.19. The average molecular weight is 309 g/mol. The molecular weight excluding hydrogens is 293 g/mol. The number of halogens is 4. The Kier molecular flexibility index (Phi) is 5.42. The van der Waals surface area contributed by atoms with Gasteiger partial charge in [0.1, 0.15) is 0 Å². The van der Waals surface area contributed by atoms with Crippen LogP contribution in [0.4, 0.5) is 13.2 Å². The third kappa shape index (κ3) is 3.43. The lowest BCUT2D eigenvalue weighted by Crippen LogP contribution is -2.34. The van der Waals surface area contributed by atoms with Gasteiger partial charge in [-0.25, -0.2) is 0 Å². The van der Waals surface area contributed by atoms with Crippen LogP contribution >= 0.6 is 12.4 Å². The van der Waals surface area contributed by atoms with E-state index in [0.29, 0.717) is 13.1 Å². The monoisotopic (exact) mass is 308 g/mol. The molecule has 1 N–H and O–H groups in total. The van der Waals surface area contributed by atoms with E-state index in [0.717, 1.165) is 12.5 Å². The maximum Gasteiger partial charge on any atom is 0.417 e. The third-order valence-electron chi connectivity index (χ3n) is 3.35. The van der Waals surface area contributed by atoms with E-state index in [2.05, 4.69) is 5.32 Å². The lowest BCUT2D eigenvalue weighted by molar-refractivity contribution is -0.138. The molecule has 1 aliphatic rings. The van der Waals surface area contributed by atoms with Gasteiger partial charge in [-0.2, -0.15) is 13.2 Å². The van der Waals surface area contributed by atoms with Crippen LogP contribution in [0.15, 0.2) is 24.3 Å². The van der Waals surface area contributed by atoms with Crippen molar-refractivity contribution in [2.45, 2.75) is 18.6 Å². The summed E-state index contributed by atoms with van der Waals surface area (Å²) in [4.78, 5) is 13.6. The van der Waals surface area contributed by atoms with Gasteiger partial charge >= 0.3 is 6.18 Å². The Morgan fingerprint density at radius 3 is 2.55 bits per heavy atom. The van der Waals surface area contributed by atoms with E-state index in [1.807, 2.05) is 0 Å². The van der Waals surface area contributed by atoms with Crippen LogP contribution in [-0.4, -0.2) is 37.0 Å². The summed E-state index contributed by atoms with van der Waals surface area (Å²) < 4.78 is 38.6. The molecule has 1 aliphatic heterocycles. The Labute approximate surface area is 121 Å². The van der Waals surface area contributed by atoms with Crippen molar-refractivity contribution in [3.8, 4) is 0 Å². The van der Waals surface area contributed by atoms with E-state index in [9.17, 15) is 18.0 Å². The van der Waals surface area contributed by atoms with E-state index in [1.54, 1.807) is 7.05 Å². The van der Waals surface area contributed by atoms with Gasteiger partial charge in [0.05, 0.1) is 11.1 Å². The van der Waals surface area contributed by atoms with Gasteiger partial charge in [0.15, 0.2) is 0 Å². The van der Waals surface area contributed by atoms with Gasteiger partial charge in [0, 0.05) is 19.1 Å². The Balaban J connectivity index is 0.00000200. The molecule has 112 valence electrons. The fourth-order valence-corrected chi connectivity index (χ4v) is 2.27. The average Bonchev–Trinajstić information content (AvgIpc) is 2.85. The van der Waals surface area contributed by atoms with Gasteiger partial charge in [0.25, 0.3) is 5.91 Å². The number of amides is 1. The summed E-state index contributed by atoms with van der Waals surface area (Å²) in [5.74, 6) is -0.550. The van der Waals surface area contributed by atoms with E-state index < -0.39 is 17.6 Å². The van der Waals surface area contributed by atoms with Crippen molar-refractivity contribution in [3.05, 3.63) is 35.4 Å². The van der Waals surface area contributed by atoms with Crippen LogP contribution in [-0.2, 0) is 6.18 Å². The molecule has 0 saturated carbocycles. The number of alkyl halides is 3. The number of hydrogen-bond donors (Lipinski definition) is 1. The normalized spacial score (nSPS) is 18.8. The number of carbonyl (C=O) groups is 1. The molecule has 1 heterocycles. The Hall–Kier alpha value is -1.27. The summed E-state index contributed by atoms with van der Waals surface area (Å²) in [5, 5.41) is 3.03. The van der Waals surface area contributed by atoms with Crippen LogP contribution in [0.1, 0.15) is 22.3 Å². The molecule has 0 aliphatic carbocycles. The molecular formula is C13H16ClF3N2O. The molecule has 0 radical (unpaired) electrons. The maximum absolute atomic E-state index is 12.9. The minimum atomic E-state index is -4.51. The van der Waals surface area contributed by atoms with Crippen molar-refractivity contribution in [1.82, 2.24) is 10.2 Å². The summed E-state index contributed by atoms with van der Waals surface area (Å²) in [7, 11) is 1.78. The smallest absolute Gasteiger partial charge is 0.337 e. The first-order valence-electron chi connectivity index (χ1n) is 6.06. The molecule has 0 unspecified atom stereocenters. The highest BCUT2D eigenvalue weighted by molar-refractivity contribution is 5.96. The third-order valence-corrected chi connectivity index (χ3v) is 3.35. The highest BCUT2D eigenvalue weighted by Gasteiger charge is 2.36. The van der Waals surface area contributed by atoms with E-state index in [1.165, 1.54) is 23.1 Å². The molecule has 1 fully saturated rings. The highest BCUT2D eigenvalue weighted by Crippen LogP contribution is 2.32. The fraction of sp³-hybridized carbons (Fsp3) is 0.462. The number of rotatable bonds is 2. The van der Waals surface area contributed by atoms with Gasteiger partial charge in [0.2, 0.25) is 0 Å². The summed E-state index contributed by atoms with van der Waals surface area (Å²) in [6.07, 6.45) is -3.75. The number of likely N-dealkylation sites (N-methyl/N-ethyl adjacent to an activating group) is 1. The predicted molar refractivity (Wildman–Crippen MR) is 72.1 cm³/mol. The molecule has 0 aromatic heterocycles. The maximum atomic E-state index is 12.9. The number of hydrogen-bond acceptors (Lipinski definition) is 2. The molecule has 2 rings (SSSR count). The minimum Gasteiger partial charge on any atom is -0.337 e. The van der Waals surface area contributed by atoms with Crippen LogP contribution in [0.2, 0.25) is 0 Å². The van der Waals surface area contributed by atoms with Crippen LogP contribution < -0.4 is 5.32 Å². The zero-order chi connectivity index (χ0) is 14.0. The van der Waals surface area contributed by atoms with E-state index >= 15 is 0 Å². The standard InChI is InChI=1S/C13H15F3N2O.ClH/c1-17-9-6-7-18(8-9)12(19)10-4-2-3-5-11(10)13(14,15)16;/h2-5,9,17H,6-8H2,1H3;1H/t9-;/m0./s1. The zero-order valence-electron chi connectivity index (χ0n) is 10.9. The van der Waals surface area contributed by atoms with Crippen molar-refractivity contribution in [3.63, 3.8) is 0 Å². The van der Waals surface area contributed by atoms with Crippen LogP contribution in [0.25, 0.3) is 0 Å². The molecule has 1 atom stereocenters. The fourth-order valence-electron chi connectivity index (χ4n) is 2.27. The summed E-state index contributed by atoms with van der Waals surface area (Å²) in [6, 6.07) is 5.08. The van der Waals surface area contributed by atoms with Gasteiger partial charge in [-0.15, -0.1) is 12.4 Å². The second kappa shape index (κ2) is 6.45. The van der Waals surface area contributed by atoms with Crippen molar-refractivity contribution in [2.24, 2.45) is 0 Å². The molecule has 3 nitrogen and oxygen atoms in total. The van der Waals surface area contributed by atoms with Gasteiger partial charge < -0.3 is 10.2 Å². The molecule has 0 bridgehead atoms. The topological polar surface area (TPSA) is 32.3 Å². The van der Waals surface area contributed by atoms with Crippen molar-refractivity contribution >= 4 is 18.3 Å². The minimum absolute atomic E-state index is 0. The number of nitrogens with one attached hydrogen (secondary N) is 1. The number of carbonyl (C=O) groups excluding carboxylic acids is 1. The number of benzene rings is 1. The number of nitrogens with zero attached hydrogens (tertiary/aromatic N) is 1. The SMILES string of the molecule is CN[C@H]1CCN(C(=O)c2ccccc2C(F)(F)F)C1.Cl. The second-order valence-electron chi connectivity index (χ2n) is 4.57. The molecule has 1 aromatic rings. The summed E-state index contributed by atoms with van der Waals surface area (Å²) in [5.41, 5.74) is -1.14. The Morgan fingerprint density at radius 1 is 1.35 bits per heavy atom. The van der Waals surface area contributed by atoms with Gasteiger partial charge in [-0.1, -0.05) is 12.1 Å².